The van der Waals surface area contributed by atoms with E-state index in [1.807, 2.05) is 13.0 Å². The molecule has 136 valence electrons. The second-order valence-electron chi connectivity index (χ2n) is 5.50. The number of hydrogen-bond acceptors (Lipinski definition) is 6. The van der Waals surface area contributed by atoms with Crippen LogP contribution in [-0.2, 0) is 14.3 Å². The first-order valence-electron chi connectivity index (χ1n) is 7.80. The van der Waals surface area contributed by atoms with Crippen LogP contribution in [0.4, 0.5) is 11.4 Å². The summed E-state index contributed by atoms with van der Waals surface area (Å²) in [6.07, 6.45) is -1.04. The van der Waals surface area contributed by atoms with Gasteiger partial charge in [-0.05, 0) is 37.6 Å². The van der Waals surface area contributed by atoms with Gasteiger partial charge in [0.25, 0.3) is 5.91 Å². The smallest absolute Gasteiger partial charge is 0.344 e. The van der Waals surface area contributed by atoms with Crippen LogP contribution in [0.5, 0.6) is 5.75 Å². The molecule has 0 unspecified atom stereocenters. The van der Waals surface area contributed by atoms with Crippen molar-refractivity contribution in [3.05, 3.63) is 64.2 Å². The molecule has 2 aromatic carbocycles. The van der Waals surface area contributed by atoms with Crippen molar-refractivity contribution in [1.82, 2.24) is 0 Å². The third kappa shape index (κ3) is 5.30. The average molecular weight is 358 g/mol. The molecule has 0 aliphatic carbocycles. The lowest BCUT2D eigenvalue weighted by Gasteiger charge is -2.14. The van der Waals surface area contributed by atoms with Gasteiger partial charge in [0.2, 0.25) is 0 Å². The van der Waals surface area contributed by atoms with Gasteiger partial charge in [-0.1, -0.05) is 24.3 Å². The molecule has 1 N–H and O–H groups in total. The molecule has 0 fully saturated rings. The van der Waals surface area contributed by atoms with Crippen molar-refractivity contribution in [2.24, 2.45) is 0 Å². The highest BCUT2D eigenvalue weighted by atomic mass is 16.6. The number of anilines is 1. The maximum Gasteiger partial charge on any atom is 0.344 e. The first-order valence-corrected chi connectivity index (χ1v) is 7.80. The number of rotatable bonds is 7. The average Bonchev–Trinajstić information content (AvgIpc) is 2.60. The third-order valence-corrected chi connectivity index (χ3v) is 3.37. The molecule has 0 bridgehead atoms. The van der Waals surface area contributed by atoms with E-state index in [2.05, 4.69) is 5.32 Å². The van der Waals surface area contributed by atoms with E-state index in [4.69, 9.17) is 9.47 Å². The van der Waals surface area contributed by atoms with E-state index >= 15 is 0 Å². The van der Waals surface area contributed by atoms with E-state index in [0.717, 1.165) is 5.56 Å². The Kier molecular flexibility index (Phi) is 6.26. The van der Waals surface area contributed by atoms with E-state index in [1.54, 1.807) is 24.3 Å². The Hall–Kier alpha value is -3.42. The molecule has 1 atom stereocenters. The van der Waals surface area contributed by atoms with Gasteiger partial charge >= 0.3 is 11.7 Å². The number of aryl methyl sites for hydroxylation is 1. The molecular formula is C18H18N2O6. The Morgan fingerprint density at radius 2 is 1.92 bits per heavy atom. The van der Waals surface area contributed by atoms with Gasteiger partial charge in [0.1, 0.15) is 0 Å². The zero-order valence-corrected chi connectivity index (χ0v) is 14.3. The van der Waals surface area contributed by atoms with E-state index in [9.17, 15) is 19.7 Å². The predicted octanol–water partition coefficient (Wildman–Crippen LogP) is 2.85. The van der Waals surface area contributed by atoms with Gasteiger partial charge in [0, 0.05) is 11.8 Å². The number of ether oxygens (including phenoxy) is 2. The second-order valence-corrected chi connectivity index (χ2v) is 5.50. The minimum atomic E-state index is -1.04. The lowest BCUT2D eigenvalue weighted by molar-refractivity contribution is -0.385. The largest absolute Gasteiger partial charge is 0.475 e. The second kappa shape index (κ2) is 8.61. The van der Waals surface area contributed by atoms with Crippen molar-refractivity contribution in [3.63, 3.8) is 0 Å². The number of nitro benzene ring substituents is 1. The number of nitrogens with zero attached hydrogens (tertiary/aromatic N) is 1. The van der Waals surface area contributed by atoms with Crippen LogP contribution in [0.2, 0.25) is 0 Å². The lowest BCUT2D eigenvalue weighted by Crippen LogP contribution is -2.31. The van der Waals surface area contributed by atoms with Crippen molar-refractivity contribution in [1.29, 1.82) is 0 Å². The zero-order chi connectivity index (χ0) is 19.1. The van der Waals surface area contributed by atoms with Crippen LogP contribution in [0.3, 0.4) is 0 Å². The van der Waals surface area contributed by atoms with Crippen LogP contribution in [0.15, 0.2) is 48.5 Å². The van der Waals surface area contributed by atoms with Gasteiger partial charge in [-0.15, -0.1) is 0 Å². The summed E-state index contributed by atoms with van der Waals surface area (Å²) in [5, 5.41) is 13.5. The van der Waals surface area contributed by atoms with Crippen molar-refractivity contribution in [3.8, 4) is 5.75 Å². The molecule has 0 aliphatic rings. The molecule has 0 aromatic heterocycles. The number of carbonyl (C=O) groups excluding carboxylic acids is 2. The number of hydrogen-bond donors (Lipinski definition) is 1. The van der Waals surface area contributed by atoms with Crippen LogP contribution in [0.1, 0.15) is 12.5 Å². The highest BCUT2D eigenvalue weighted by Crippen LogP contribution is 2.25. The molecule has 0 spiro atoms. The number of benzene rings is 2. The number of para-hydroxylation sites is 2. The van der Waals surface area contributed by atoms with Crippen molar-refractivity contribution in [2.45, 2.75) is 20.0 Å². The fourth-order valence-corrected chi connectivity index (χ4v) is 2.12. The Labute approximate surface area is 149 Å². The normalized spacial score (nSPS) is 11.3. The number of nitrogens with one attached hydrogen (secondary N) is 1. The van der Waals surface area contributed by atoms with E-state index < -0.39 is 29.5 Å². The molecule has 0 saturated heterocycles. The molecule has 0 radical (unpaired) electrons. The standard InChI is InChI=1S/C18H18N2O6/c1-12-6-5-7-14(10-12)19-18(22)13(2)26-17(21)11-25-16-9-4-3-8-15(16)20(23)24/h3-10,13H,11H2,1-2H3,(H,19,22)/t13-/m1/s1. The molecule has 1 amide bonds. The Morgan fingerprint density at radius 1 is 1.19 bits per heavy atom. The fraction of sp³-hybridized carbons (Fsp3) is 0.222. The first-order chi connectivity index (χ1) is 12.4. The van der Waals surface area contributed by atoms with Gasteiger partial charge < -0.3 is 14.8 Å². The molecule has 26 heavy (non-hydrogen) atoms. The number of esters is 1. The SMILES string of the molecule is Cc1cccc(NC(=O)[C@@H](C)OC(=O)COc2ccccc2[N+](=O)[O-])c1. The summed E-state index contributed by atoms with van der Waals surface area (Å²) in [7, 11) is 0. The number of carbonyl (C=O) groups is 2. The summed E-state index contributed by atoms with van der Waals surface area (Å²) in [4.78, 5) is 34.2. The molecule has 8 nitrogen and oxygen atoms in total. The number of nitro groups is 1. The summed E-state index contributed by atoms with van der Waals surface area (Å²) in [6, 6.07) is 12.9. The summed E-state index contributed by atoms with van der Waals surface area (Å²) < 4.78 is 10.1. The molecule has 0 saturated carbocycles. The van der Waals surface area contributed by atoms with Crippen molar-refractivity contribution >= 4 is 23.3 Å². The summed E-state index contributed by atoms with van der Waals surface area (Å²) in [5.74, 6) is -1.35. The van der Waals surface area contributed by atoms with E-state index in [-0.39, 0.29) is 11.4 Å². The summed E-state index contributed by atoms with van der Waals surface area (Å²) in [5.41, 5.74) is 1.31. The van der Waals surface area contributed by atoms with Crippen molar-refractivity contribution < 1.29 is 24.0 Å². The highest BCUT2D eigenvalue weighted by Gasteiger charge is 2.20. The number of amides is 1. The lowest BCUT2D eigenvalue weighted by atomic mass is 10.2. The van der Waals surface area contributed by atoms with Crippen molar-refractivity contribution in [2.75, 3.05) is 11.9 Å². The highest BCUT2D eigenvalue weighted by molar-refractivity contribution is 5.95. The maximum absolute atomic E-state index is 12.1. The van der Waals surface area contributed by atoms with Gasteiger partial charge in [0.15, 0.2) is 18.5 Å². The Bertz CT molecular complexity index is 821. The molecule has 2 rings (SSSR count). The van der Waals surface area contributed by atoms with Crippen LogP contribution in [-0.4, -0.2) is 29.5 Å². The van der Waals surface area contributed by atoms with Crippen LogP contribution in [0, 0.1) is 17.0 Å². The Morgan fingerprint density at radius 3 is 2.62 bits per heavy atom. The molecule has 2 aromatic rings. The van der Waals surface area contributed by atoms with Gasteiger partial charge in [-0.3, -0.25) is 14.9 Å². The minimum Gasteiger partial charge on any atom is -0.475 e. The van der Waals surface area contributed by atoms with Crippen LogP contribution < -0.4 is 10.1 Å². The van der Waals surface area contributed by atoms with Crippen LogP contribution >= 0.6 is 0 Å². The molecule has 0 aliphatic heterocycles. The van der Waals surface area contributed by atoms with Crippen LogP contribution in [0.25, 0.3) is 0 Å². The topological polar surface area (TPSA) is 108 Å². The van der Waals surface area contributed by atoms with E-state index in [0.29, 0.717) is 5.69 Å². The van der Waals surface area contributed by atoms with E-state index in [1.165, 1.54) is 25.1 Å². The van der Waals surface area contributed by atoms with Gasteiger partial charge in [0.05, 0.1) is 4.92 Å². The quantitative estimate of drug-likeness (QED) is 0.463. The summed E-state index contributed by atoms with van der Waals surface area (Å²) in [6.45, 7) is 2.76. The zero-order valence-electron chi connectivity index (χ0n) is 14.3. The molecule has 0 heterocycles. The fourth-order valence-electron chi connectivity index (χ4n) is 2.12. The summed E-state index contributed by atoms with van der Waals surface area (Å²) >= 11 is 0. The minimum absolute atomic E-state index is 0.0497. The predicted molar refractivity (Wildman–Crippen MR) is 94.0 cm³/mol. The molecular weight excluding hydrogens is 340 g/mol. The third-order valence-electron chi connectivity index (χ3n) is 3.37. The van der Waals surface area contributed by atoms with Gasteiger partial charge in [-0.25, -0.2) is 4.79 Å². The monoisotopic (exact) mass is 358 g/mol. The first kappa shape index (κ1) is 18.9. The maximum atomic E-state index is 12.1. The molecule has 8 heteroatoms. The Balaban J connectivity index is 1.87. The van der Waals surface area contributed by atoms with Gasteiger partial charge in [-0.2, -0.15) is 0 Å².